The third-order valence-corrected chi connectivity index (χ3v) is 2.12. The molecule has 0 fully saturated rings. The van der Waals surface area contributed by atoms with Gasteiger partial charge in [-0.25, -0.2) is 9.18 Å². The maximum absolute atomic E-state index is 13.0. The van der Waals surface area contributed by atoms with Gasteiger partial charge in [0.25, 0.3) is 5.95 Å². The van der Waals surface area contributed by atoms with E-state index in [0.29, 0.717) is 0 Å². The molecule has 0 unspecified atom stereocenters. The molecule has 7 nitrogen and oxygen atoms in total. The highest BCUT2D eigenvalue weighted by Gasteiger charge is 2.18. The van der Waals surface area contributed by atoms with Gasteiger partial charge >= 0.3 is 11.7 Å². The molecule has 0 bridgehead atoms. The summed E-state index contributed by atoms with van der Waals surface area (Å²) in [4.78, 5) is 20.5. The number of ether oxygens (including phenoxy) is 1. The van der Waals surface area contributed by atoms with E-state index in [9.17, 15) is 19.3 Å². The molecule has 0 spiro atoms. The van der Waals surface area contributed by atoms with Gasteiger partial charge in [0.2, 0.25) is 11.5 Å². The first-order valence-electron chi connectivity index (χ1n) is 4.92. The number of nitrogens with zero attached hydrogens (tertiary/aromatic N) is 1. The lowest BCUT2D eigenvalue weighted by Gasteiger charge is -2.02. The lowest BCUT2D eigenvalue weighted by atomic mass is 10.3. The Bertz CT molecular complexity index is 650. The highest BCUT2D eigenvalue weighted by molar-refractivity contribution is 5.84. The first kappa shape index (κ1) is 12.6. The summed E-state index contributed by atoms with van der Waals surface area (Å²) in [5, 5.41) is 19.3. The molecule has 0 saturated carbocycles. The average Bonchev–Trinajstić information content (AvgIpc) is 2.77. The average molecular weight is 267 g/mol. The van der Waals surface area contributed by atoms with Crippen molar-refractivity contribution in [1.82, 2.24) is 0 Å². The summed E-state index contributed by atoms with van der Waals surface area (Å²) in [7, 11) is 0. The normalized spacial score (nSPS) is 10.2. The Morgan fingerprint density at radius 1 is 1.37 bits per heavy atom. The number of aromatic carboxylic acids is 1. The van der Waals surface area contributed by atoms with Crippen molar-refractivity contribution in [2.45, 2.75) is 0 Å². The van der Waals surface area contributed by atoms with Gasteiger partial charge in [-0.3, -0.25) is 10.1 Å². The molecule has 1 aromatic heterocycles. The van der Waals surface area contributed by atoms with Gasteiger partial charge in [0.05, 0.1) is 4.92 Å². The van der Waals surface area contributed by atoms with Crippen LogP contribution in [0.25, 0.3) is 0 Å². The third-order valence-electron chi connectivity index (χ3n) is 2.12. The van der Waals surface area contributed by atoms with E-state index in [1.807, 2.05) is 0 Å². The first-order valence-corrected chi connectivity index (χ1v) is 4.92. The zero-order valence-corrected chi connectivity index (χ0v) is 9.20. The fraction of sp³-hybridized carbons (Fsp3) is 0. The van der Waals surface area contributed by atoms with E-state index in [0.717, 1.165) is 30.3 Å². The molecule has 0 radical (unpaired) electrons. The molecule has 1 aromatic carbocycles. The van der Waals surface area contributed by atoms with Gasteiger partial charge in [-0.2, -0.15) is 0 Å². The standard InChI is InChI=1S/C11H6FNO6/c12-6-1-2-7(13(16)17)9(5-6)19-10-4-3-8(18-10)11(14)15/h1-5H,(H,14,15). The number of nitro benzene ring substituents is 1. The van der Waals surface area contributed by atoms with Crippen LogP contribution in [0.4, 0.5) is 10.1 Å². The Morgan fingerprint density at radius 2 is 2.11 bits per heavy atom. The number of rotatable bonds is 4. The Balaban J connectivity index is 2.33. The van der Waals surface area contributed by atoms with E-state index in [-0.39, 0.29) is 11.7 Å². The first-order chi connectivity index (χ1) is 8.97. The molecule has 2 aromatic rings. The number of carbonyl (C=O) groups is 1. The number of furan rings is 1. The molecule has 2 rings (SSSR count). The van der Waals surface area contributed by atoms with E-state index in [4.69, 9.17) is 14.3 Å². The molecule has 8 heteroatoms. The van der Waals surface area contributed by atoms with E-state index in [1.165, 1.54) is 0 Å². The third kappa shape index (κ3) is 2.68. The molecular weight excluding hydrogens is 261 g/mol. The second kappa shape index (κ2) is 4.77. The molecular formula is C11H6FNO6. The fourth-order valence-corrected chi connectivity index (χ4v) is 1.32. The fourth-order valence-electron chi connectivity index (χ4n) is 1.32. The molecule has 0 aliphatic rings. The number of hydrogen-bond acceptors (Lipinski definition) is 5. The van der Waals surface area contributed by atoms with Crippen molar-refractivity contribution in [3.63, 3.8) is 0 Å². The number of carboxylic acid groups (broad SMARTS) is 1. The van der Waals surface area contributed by atoms with E-state index < -0.39 is 28.2 Å². The van der Waals surface area contributed by atoms with Crippen LogP contribution in [0.5, 0.6) is 11.7 Å². The Kier molecular flexibility index (Phi) is 3.15. The van der Waals surface area contributed by atoms with Gasteiger partial charge in [-0.15, -0.1) is 0 Å². The number of hydrogen-bond donors (Lipinski definition) is 1. The summed E-state index contributed by atoms with van der Waals surface area (Å²) in [5.74, 6) is -3.11. The number of benzene rings is 1. The minimum atomic E-state index is -1.32. The predicted octanol–water partition coefficient (Wildman–Crippen LogP) is 2.82. The van der Waals surface area contributed by atoms with Crippen molar-refractivity contribution in [3.8, 4) is 11.7 Å². The summed E-state index contributed by atoms with van der Waals surface area (Å²) in [5.41, 5.74) is -0.463. The summed E-state index contributed by atoms with van der Waals surface area (Å²) in [6, 6.07) is 4.93. The molecule has 19 heavy (non-hydrogen) atoms. The minimum absolute atomic E-state index is 0.286. The van der Waals surface area contributed by atoms with Gasteiger partial charge in [-0.1, -0.05) is 0 Å². The lowest BCUT2D eigenvalue weighted by molar-refractivity contribution is -0.385. The van der Waals surface area contributed by atoms with E-state index in [2.05, 4.69) is 0 Å². The summed E-state index contributed by atoms with van der Waals surface area (Å²) < 4.78 is 22.7. The molecule has 0 amide bonds. The van der Waals surface area contributed by atoms with Gasteiger partial charge in [0.1, 0.15) is 5.82 Å². The van der Waals surface area contributed by atoms with Crippen LogP contribution in [0.2, 0.25) is 0 Å². The van der Waals surface area contributed by atoms with Gasteiger partial charge in [-0.05, 0) is 12.1 Å². The Hall–Kier alpha value is -2.90. The zero-order valence-electron chi connectivity index (χ0n) is 9.20. The molecule has 1 N–H and O–H groups in total. The molecule has 1 heterocycles. The van der Waals surface area contributed by atoms with Crippen molar-refractivity contribution in [2.24, 2.45) is 0 Å². The number of nitro groups is 1. The highest BCUT2D eigenvalue weighted by atomic mass is 19.1. The van der Waals surface area contributed by atoms with Gasteiger partial charge in [0, 0.05) is 18.2 Å². The largest absolute Gasteiger partial charge is 0.475 e. The van der Waals surface area contributed by atoms with Crippen molar-refractivity contribution in [3.05, 3.63) is 52.0 Å². The van der Waals surface area contributed by atoms with Crippen LogP contribution in [-0.4, -0.2) is 16.0 Å². The topological polar surface area (TPSA) is 103 Å². The maximum Gasteiger partial charge on any atom is 0.371 e. The summed E-state index contributed by atoms with van der Waals surface area (Å²) in [6.07, 6.45) is 0. The zero-order chi connectivity index (χ0) is 14.0. The van der Waals surface area contributed by atoms with Crippen LogP contribution < -0.4 is 4.74 Å². The number of carboxylic acids is 1. The van der Waals surface area contributed by atoms with Crippen molar-refractivity contribution >= 4 is 11.7 Å². The lowest BCUT2D eigenvalue weighted by Crippen LogP contribution is -1.94. The number of halogens is 1. The predicted molar refractivity (Wildman–Crippen MR) is 58.8 cm³/mol. The van der Waals surface area contributed by atoms with Crippen LogP contribution in [-0.2, 0) is 0 Å². The monoisotopic (exact) mass is 267 g/mol. The molecule has 98 valence electrons. The van der Waals surface area contributed by atoms with Crippen LogP contribution >= 0.6 is 0 Å². The van der Waals surface area contributed by atoms with Gasteiger partial charge in [0.15, 0.2) is 0 Å². The van der Waals surface area contributed by atoms with Crippen molar-refractivity contribution in [1.29, 1.82) is 0 Å². The maximum atomic E-state index is 13.0. The molecule has 0 aliphatic heterocycles. The van der Waals surface area contributed by atoms with Crippen LogP contribution in [0, 0.1) is 15.9 Å². The highest BCUT2D eigenvalue weighted by Crippen LogP contribution is 2.32. The van der Waals surface area contributed by atoms with Crippen LogP contribution in [0.1, 0.15) is 10.6 Å². The van der Waals surface area contributed by atoms with Crippen LogP contribution in [0.15, 0.2) is 34.7 Å². The quantitative estimate of drug-likeness (QED) is 0.674. The van der Waals surface area contributed by atoms with Crippen molar-refractivity contribution < 1.29 is 28.4 Å². The smallest absolute Gasteiger partial charge is 0.371 e. The SMILES string of the molecule is O=C(O)c1ccc(Oc2cc(F)ccc2[N+](=O)[O-])o1. The second-order valence-corrected chi connectivity index (χ2v) is 3.40. The Morgan fingerprint density at radius 3 is 2.68 bits per heavy atom. The minimum Gasteiger partial charge on any atom is -0.475 e. The molecule has 0 saturated heterocycles. The molecule has 0 aliphatic carbocycles. The van der Waals surface area contributed by atoms with Crippen LogP contribution in [0.3, 0.4) is 0 Å². The molecule has 0 atom stereocenters. The summed E-state index contributed by atoms with van der Waals surface area (Å²) >= 11 is 0. The van der Waals surface area contributed by atoms with E-state index >= 15 is 0 Å². The van der Waals surface area contributed by atoms with Gasteiger partial charge < -0.3 is 14.3 Å². The van der Waals surface area contributed by atoms with E-state index in [1.54, 1.807) is 0 Å². The summed E-state index contributed by atoms with van der Waals surface area (Å²) in [6.45, 7) is 0. The van der Waals surface area contributed by atoms with Crippen molar-refractivity contribution in [2.75, 3.05) is 0 Å². The Labute approximate surface area is 105 Å². The second-order valence-electron chi connectivity index (χ2n) is 3.40.